The maximum atomic E-state index is 12.7. The second-order valence-electron chi connectivity index (χ2n) is 6.07. The van der Waals surface area contributed by atoms with Gasteiger partial charge in [-0.25, -0.2) is 9.97 Å². The Labute approximate surface area is 152 Å². The first-order chi connectivity index (χ1) is 12.4. The van der Waals surface area contributed by atoms with E-state index in [0.717, 1.165) is 22.5 Å². The van der Waals surface area contributed by atoms with Crippen molar-refractivity contribution in [2.75, 3.05) is 19.5 Å². The minimum absolute atomic E-state index is 0.220. The van der Waals surface area contributed by atoms with E-state index in [2.05, 4.69) is 15.3 Å². The van der Waals surface area contributed by atoms with Crippen LogP contribution in [0.1, 0.15) is 27.3 Å². The van der Waals surface area contributed by atoms with E-state index in [1.165, 1.54) is 0 Å². The first-order valence-electron chi connectivity index (χ1n) is 8.22. The van der Waals surface area contributed by atoms with Crippen molar-refractivity contribution in [1.29, 1.82) is 0 Å². The Hall–Kier alpha value is -3.15. The average Bonchev–Trinajstić information content (AvgIpc) is 2.63. The molecule has 1 N–H and O–H groups in total. The molecular formula is C20H21N3O3. The molecule has 3 rings (SSSR count). The number of nitrogens with zero attached hydrogens (tertiary/aromatic N) is 2. The lowest BCUT2D eigenvalue weighted by Gasteiger charge is -2.14. The Bertz CT molecular complexity index is 999. The number of benzene rings is 2. The summed E-state index contributed by atoms with van der Waals surface area (Å²) in [5.41, 5.74) is 5.27. The zero-order valence-corrected chi connectivity index (χ0v) is 15.5. The van der Waals surface area contributed by atoms with E-state index in [9.17, 15) is 4.79 Å². The molecule has 0 saturated heterocycles. The van der Waals surface area contributed by atoms with Crippen LogP contribution in [0.4, 0.5) is 5.69 Å². The van der Waals surface area contributed by atoms with Crippen LogP contribution in [0.3, 0.4) is 0 Å². The van der Waals surface area contributed by atoms with Crippen LogP contribution in [-0.4, -0.2) is 30.1 Å². The molecule has 1 aromatic heterocycles. The highest BCUT2D eigenvalue weighted by molar-refractivity contribution is 6.06. The van der Waals surface area contributed by atoms with Crippen molar-refractivity contribution < 1.29 is 14.3 Å². The number of rotatable bonds is 4. The van der Waals surface area contributed by atoms with E-state index in [4.69, 9.17) is 9.47 Å². The summed E-state index contributed by atoms with van der Waals surface area (Å²) >= 11 is 0. The molecule has 0 aliphatic heterocycles. The summed E-state index contributed by atoms with van der Waals surface area (Å²) < 4.78 is 10.6. The first-order valence-corrected chi connectivity index (χ1v) is 8.22. The molecule has 2 aromatic carbocycles. The predicted octanol–water partition coefficient (Wildman–Crippen LogP) is 3.82. The van der Waals surface area contributed by atoms with E-state index in [1.54, 1.807) is 32.4 Å². The molecule has 134 valence electrons. The Morgan fingerprint density at radius 3 is 2.15 bits per heavy atom. The van der Waals surface area contributed by atoms with E-state index in [0.29, 0.717) is 28.3 Å². The first kappa shape index (κ1) is 17.7. The fraction of sp³-hybridized carbons (Fsp3) is 0.250. The average molecular weight is 351 g/mol. The standard InChI is InChI=1S/C20H21N3O3/c1-11-8-18(25-4)19(26-5)10-16(11)23-20(24)14-6-7-15-17(9-14)22-13(3)12(2)21-15/h6-10H,1-5H3,(H,23,24). The van der Waals surface area contributed by atoms with E-state index < -0.39 is 0 Å². The van der Waals surface area contributed by atoms with E-state index in [-0.39, 0.29) is 5.91 Å². The zero-order chi connectivity index (χ0) is 18.8. The minimum Gasteiger partial charge on any atom is -0.493 e. The predicted molar refractivity (Wildman–Crippen MR) is 101 cm³/mol. The van der Waals surface area contributed by atoms with Gasteiger partial charge in [0.15, 0.2) is 11.5 Å². The van der Waals surface area contributed by atoms with Crippen molar-refractivity contribution in [3.05, 3.63) is 52.8 Å². The number of nitrogens with one attached hydrogen (secondary N) is 1. The highest BCUT2D eigenvalue weighted by atomic mass is 16.5. The number of hydrogen-bond acceptors (Lipinski definition) is 5. The quantitative estimate of drug-likeness (QED) is 0.773. The highest BCUT2D eigenvalue weighted by Gasteiger charge is 2.13. The lowest BCUT2D eigenvalue weighted by Crippen LogP contribution is -2.13. The van der Waals surface area contributed by atoms with E-state index in [1.807, 2.05) is 32.9 Å². The van der Waals surface area contributed by atoms with Crippen molar-refractivity contribution >= 4 is 22.6 Å². The summed E-state index contributed by atoms with van der Waals surface area (Å²) in [6, 6.07) is 8.88. The van der Waals surface area contributed by atoms with Crippen molar-refractivity contribution in [3.63, 3.8) is 0 Å². The fourth-order valence-corrected chi connectivity index (χ4v) is 2.68. The molecule has 0 atom stereocenters. The Balaban J connectivity index is 1.93. The van der Waals surface area contributed by atoms with Gasteiger partial charge in [-0.3, -0.25) is 4.79 Å². The van der Waals surface area contributed by atoms with Gasteiger partial charge < -0.3 is 14.8 Å². The monoisotopic (exact) mass is 351 g/mol. The molecule has 0 radical (unpaired) electrons. The molecule has 0 bridgehead atoms. The maximum absolute atomic E-state index is 12.7. The third-order valence-corrected chi connectivity index (χ3v) is 4.32. The van der Waals surface area contributed by atoms with Gasteiger partial charge in [0.2, 0.25) is 0 Å². The lowest BCUT2D eigenvalue weighted by atomic mass is 10.1. The molecule has 6 heteroatoms. The normalized spacial score (nSPS) is 10.7. The molecule has 3 aromatic rings. The van der Waals surface area contributed by atoms with Crippen LogP contribution in [0.5, 0.6) is 11.5 Å². The number of amides is 1. The SMILES string of the molecule is COc1cc(C)c(NC(=O)c2ccc3nc(C)c(C)nc3c2)cc1OC. The molecule has 1 amide bonds. The topological polar surface area (TPSA) is 73.3 Å². The molecule has 0 spiro atoms. The molecule has 0 fully saturated rings. The third-order valence-electron chi connectivity index (χ3n) is 4.32. The second kappa shape index (κ2) is 7.00. The molecule has 6 nitrogen and oxygen atoms in total. The number of aromatic nitrogens is 2. The summed E-state index contributed by atoms with van der Waals surface area (Å²) in [7, 11) is 3.14. The number of methoxy groups -OCH3 is 2. The van der Waals surface area contributed by atoms with Crippen LogP contribution in [0.2, 0.25) is 0 Å². The van der Waals surface area contributed by atoms with Gasteiger partial charge in [0.25, 0.3) is 5.91 Å². The number of ether oxygens (including phenoxy) is 2. The summed E-state index contributed by atoms with van der Waals surface area (Å²) in [6.45, 7) is 5.72. The number of carbonyl (C=O) groups excluding carboxylic acids is 1. The summed E-state index contributed by atoms with van der Waals surface area (Å²) in [6.07, 6.45) is 0. The smallest absolute Gasteiger partial charge is 0.255 e. The second-order valence-corrected chi connectivity index (χ2v) is 6.07. The van der Waals surface area contributed by atoms with Gasteiger partial charge in [-0.2, -0.15) is 0 Å². The lowest BCUT2D eigenvalue weighted by molar-refractivity contribution is 0.102. The summed E-state index contributed by atoms with van der Waals surface area (Å²) in [4.78, 5) is 21.7. The molecule has 0 aliphatic rings. The van der Waals surface area contributed by atoms with Gasteiger partial charge in [0, 0.05) is 17.3 Å². The van der Waals surface area contributed by atoms with Crippen LogP contribution in [0.15, 0.2) is 30.3 Å². The van der Waals surface area contributed by atoms with Gasteiger partial charge in [-0.15, -0.1) is 0 Å². The van der Waals surface area contributed by atoms with Crippen molar-refractivity contribution in [2.24, 2.45) is 0 Å². The van der Waals surface area contributed by atoms with Gasteiger partial charge >= 0.3 is 0 Å². The maximum Gasteiger partial charge on any atom is 0.255 e. The molecule has 1 heterocycles. The molecule has 0 saturated carbocycles. The number of carbonyl (C=O) groups is 1. The largest absolute Gasteiger partial charge is 0.493 e. The number of hydrogen-bond donors (Lipinski definition) is 1. The van der Waals surface area contributed by atoms with Crippen molar-refractivity contribution in [3.8, 4) is 11.5 Å². The zero-order valence-electron chi connectivity index (χ0n) is 15.5. The van der Waals surface area contributed by atoms with Gasteiger partial charge in [0.1, 0.15) is 0 Å². The van der Waals surface area contributed by atoms with Crippen LogP contribution in [-0.2, 0) is 0 Å². The Morgan fingerprint density at radius 2 is 1.50 bits per heavy atom. The van der Waals surface area contributed by atoms with Gasteiger partial charge in [0.05, 0.1) is 36.6 Å². The van der Waals surface area contributed by atoms with Crippen LogP contribution < -0.4 is 14.8 Å². The Kier molecular flexibility index (Phi) is 4.75. The highest BCUT2D eigenvalue weighted by Crippen LogP contribution is 2.33. The van der Waals surface area contributed by atoms with Gasteiger partial charge in [-0.1, -0.05) is 0 Å². The van der Waals surface area contributed by atoms with Crippen LogP contribution >= 0.6 is 0 Å². The van der Waals surface area contributed by atoms with Crippen LogP contribution in [0, 0.1) is 20.8 Å². The van der Waals surface area contributed by atoms with Crippen LogP contribution in [0.25, 0.3) is 11.0 Å². The van der Waals surface area contributed by atoms with Gasteiger partial charge in [-0.05, 0) is 50.6 Å². The minimum atomic E-state index is -0.220. The number of anilines is 1. The van der Waals surface area contributed by atoms with Crippen molar-refractivity contribution in [2.45, 2.75) is 20.8 Å². The van der Waals surface area contributed by atoms with E-state index >= 15 is 0 Å². The van der Waals surface area contributed by atoms with Crippen molar-refractivity contribution in [1.82, 2.24) is 9.97 Å². The Morgan fingerprint density at radius 1 is 0.885 bits per heavy atom. The molecule has 0 unspecified atom stereocenters. The summed E-state index contributed by atoms with van der Waals surface area (Å²) in [5.74, 6) is 0.959. The number of fused-ring (bicyclic) bond motifs is 1. The third kappa shape index (κ3) is 3.31. The molecular weight excluding hydrogens is 330 g/mol. The molecule has 26 heavy (non-hydrogen) atoms. The molecule has 0 aliphatic carbocycles. The fourth-order valence-electron chi connectivity index (χ4n) is 2.68. The summed E-state index contributed by atoms with van der Waals surface area (Å²) in [5, 5.41) is 2.92. The number of aryl methyl sites for hydroxylation is 3.